The number of esters is 1. The lowest BCUT2D eigenvalue weighted by Gasteiger charge is -2.18. The zero-order chi connectivity index (χ0) is 20.9. The van der Waals surface area contributed by atoms with E-state index in [-0.39, 0.29) is 12.2 Å². The molecule has 1 atom stereocenters. The van der Waals surface area contributed by atoms with Gasteiger partial charge in [-0.25, -0.2) is 9.18 Å². The zero-order valence-corrected chi connectivity index (χ0v) is 18.4. The summed E-state index contributed by atoms with van der Waals surface area (Å²) in [6, 6.07) is 9.51. The number of halogens is 2. The van der Waals surface area contributed by atoms with Gasteiger partial charge in [0.1, 0.15) is 21.9 Å². The first-order valence-corrected chi connectivity index (χ1v) is 10.8. The van der Waals surface area contributed by atoms with Gasteiger partial charge in [-0.15, -0.1) is 0 Å². The largest absolute Gasteiger partial charge is 0.591 e. The lowest BCUT2D eigenvalue weighted by atomic mass is 10.2. The predicted molar refractivity (Wildman–Crippen MR) is 113 cm³/mol. The summed E-state index contributed by atoms with van der Waals surface area (Å²) >= 11 is 5.89. The van der Waals surface area contributed by atoms with E-state index in [9.17, 15) is 13.7 Å². The summed E-state index contributed by atoms with van der Waals surface area (Å²) in [7, 11) is 0. The molecule has 2 rings (SSSR count). The molecule has 0 aliphatic carbocycles. The Morgan fingerprint density at radius 1 is 1.32 bits per heavy atom. The topological polar surface area (TPSA) is 61.7 Å². The van der Waals surface area contributed by atoms with Crippen LogP contribution in [0.1, 0.15) is 43.6 Å². The van der Waals surface area contributed by atoms with Crippen LogP contribution in [0, 0.1) is 5.82 Å². The average Bonchev–Trinajstić information content (AvgIpc) is 2.63. The molecular weight excluding hydrogens is 421 g/mol. The Morgan fingerprint density at radius 2 is 2.00 bits per heavy atom. The highest BCUT2D eigenvalue weighted by Crippen LogP contribution is 2.38. The van der Waals surface area contributed by atoms with Gasteiger partial charge in [-0.05, 0) is 52.0 Å². The molecule has 0 heterocycles. The second kappa shape index (κ2) is 9.78. The Bertz CT molecular complexity index is 884. The zero-order valence-electron chi connectivity index (χ0n) is 16.0. The number of nitrogens with zero attached hydrogens (tertiary/aromatic N) is 1. The van der Waals surface area contributed by atoms with Gasteiger partial charge in [0.2, 0.25) is 0 Å². The Balaban J connectivity index is 2.47. The van der Waals surface area contributed by atoms with Crippen LogP contribution in [0.25, 0.3) is 0 Å². The molecule has 0 amide bonds. The number of rotatable bonds is 6. The number of benzene rings is 2. The van der Waals surface area contributed by atoms with Crippen molar-refractivity contribution in [2.45, 2.75) is 42.2 Å². The van der Waals surface area contributed by atoms with Crippen LogP contribution in [-0.2, 0) is 16.1 Å². The minimum absolute atomic E-state index is 0.119. The third-order valence-electron chi connectivity index (χ3n) is 3.49. The fourth-order valence-corrected chi connectivity index (χ4v) is 3.93. The molecule has 1 unspecified atom stereocenters. The van der Waals surface area contributed by atoms with Crippen molar-refractivity contribution in [3.05, 3.63) is 58.4 Å². The van der Waals surface area contributed by atoms with E-state index in [1.807, 2.05) is 0 Å². The van der Waals surface area contributed by atoms with Gasteiger partial charge >= 0.3 is 5.97 Å². The van der Waals surface area contributed by atoms with Gasteiger partial charge in [-0.1, -0.05) is 39.9 Å². The van der Waals surface area contributed by atoms with Crippen LogP contribution in [0.5, 0.6) is 0 Å². The lowest BCUT2D eigenvalue weighted by molar-refractivity contribution is 0.0522. The maximum atomic E-state index is 14.5. The third kappa shape index (κ3) is 5.73. The van der Waals surface area contributed by atoms with Gasteiger partial charge in [-0.3, -0.25) is 0 Å². The smallest absolute Gasteiger partial charge is 0.339 e. The predicted octanol–water partition coefficient (Wildman–Crippen LogP) is 5.69. The van der Waals surface area contributed by atoms with Crippen molar-refractivity contribution in [1.82, 2.24) is 0 Å². The number of hydrogen-bond acceptors (Lipinski definition) is 5. The molecule has 0 saturated heterocycles. The third-order valence-corrected chi connectivity index (χ3v) is 6.48. The van der Waals surface area contributed by atoms with Gasteiger partial charge in [0, 0.05) is 15.4 Å². The van der Waals surface area contributed by atoms with E-state index in [1.54, 1.807) is 52.0 Å². The van der Waals surface area contributed by atoms with E-state index in [1.165, 1.54) is 18.3 Å². The second-order valence-corrected chi connectivity index (χ2v) is 10.1. The number of carbonyl (C=O) groups is 1. The highest BCUT2D eigenvalue weighted by molar-refractivity contribution is 7.99. The van der Waals surface area contributed by atoms with Crippen molar-refractivity contribution in [3.63, 3.8) is 0 Å². The van der Waals surface area contributed by atoms with Crippen molar-refractivity contribution < 1.29 is 18.5 Å². The molecule has 0 aliphatic heterocycles. The minimum Gasteiger partial charge on any atom is -0.591 e. The first-order valence-electron chi connectivity index (χ1n) is 8.53. The summed E-state index contributed by atoms with van der Waals surface area (Å²) in [5.74, 6) is -1.02. The summed E-state index contributed by atoms with van der Waals surface area (Å²) in [6.45, 7) is 7.30. The maximum Gasteiger partial charge on any atom is 0.339 e. The van der Waals surface area contributed by atoms with Crippen LogP contribution in [0.2, 0.25) is 5.02 Å². The highest BCUT2D eigenvalue weighted by atomic mass is 35.5. The highest BCUT2D eigenvalue weighted by Gasteiger charge is 2.26. The maximum absolute atomic E-state index is 14.5. The molecule has 150 valence electrons. The summed E-state index contributed by atoms with van der Waals surface area (Å²) < 4.78 is 35.2. The molecule has 0 radical (unpaired) electrons. The SMILES string of the molecule is CCOC(=O)c1ccccc1Sc1c(Cl)ccc(F)c1/C=N\[S+]([O-])C(C)(C)C. The van der Waals surface area contributed by atoms with Crippen molar-refractivity contribution in [2.75, 3.05) is 6.61 Å². The number of carbonyl (C=O) groups excluding carboxylic acids is 1. The number of hydrogen-bond donors (Lipinski definition) is 0. The molecular formula is C20H21ClFNO3S2. The van der Waals surface area contributed by atoms with Crippen LogP contribution in [0.3, 0.4) is 0 Å². The van der Waals surface area contributed by atoms with E-state index in [2.05, 4.69) is 4.40 Å². The summed E-state index contributed by atoms with van der Waals surface area (Å²) in [6.07, 6.45) is 1.23. The second-order valence-electron chi connectivity index (χ2n) is 6.69. The quantitative estimate of drug-likeness (QED) is 0.328. The molecule has 0 fully saturated rings. The standard InChI is InChI=1S/C20H21ClFNO3S2/c1-5-26-19(24)13-8-6-7-9-17(13)27-18-14(16(22)11-10-15(18)21)12-23-28(25)20(2,3)4/h6-12H,5H2,1-4H3/b23-12-. The molecule has 0 aliphatic rings. The van der Waals surface area contributed by atoms with Crippen LogP contribution in [0.4, 0.5) is 4.39 Å². The van der Waals surface area contributed by atoms with Crippen LogP contribution < -0.4 is 0 Å². The monoisotopic (exact) mass is 441 g/mol. The Labute approximate surface area is 176 Å². The molecule has 0 spiro atoms. The molecule has 4 nitrogen and oxygen atoms in total. The first-order chi connectivity index (χ1) is 13.1. The summed E-state index contributed by atoms with van der Waals surface area (Å²) in [4.78, 5) is 13.2. The molecule has 0 saturated carbocycles. The first kappa shape index (κ1) is 22.7. The molecule has 0 aromatic heterocycles. The Kier molecular flexibility index (Phi) is 7.95. The van der Waals surface area contributed by atoms with Crippen LogP contribution >= 0.6 is 23.4 Å². The molecule has 2 aromatic rings. The van der Waals surface area contributed by atoms with Gasteiger partial charge in [-0.2, -0.15) is 0 Å². The van der Waals surface area contributed by atoms with Crippen molar-refractivity contribution in [1.29, 1.82) is 0 Å². The fraction of sp³-hybridized carbons (Fsp3) is 0.300. The van der Waals surface area contributed by atoms with Crippen molar-refractivity contribution in [3.8, 4) is 0 Å². The average molecular weight is 442 g/mol. The molecule has 8 heteroatoms. The van der Waals surface area contributed by atoms with E-state index in [0.717, 1.165) is 11.8 Å². The molecule has 0 bridgehead atoms. The van der Waals surface area contributed by atoms with Gasteiger partial charge in [0.25, 0.3) is 0 Å². The van der Waals surface area contributed by atoms with Gasteiger partial charge in [0.15, 0.2) is 0 Å². The van der Waals surface area contributed by atoms with Crippen molar-refractivity contribution in [2.24, 2.45) is 4.40 Å². The molecule has 0 N–H and O–H groups in total. The van der Waals surface area contributed by atoms with E-state index < -0.39 is 27.9 Å². The fourth-order valence-electron chi connectivity index (χ4n) is 2.07. The summed E-state index contributed by atoms with van der Waals surface area (Å²) in [5, 5.41) is 0.299. The van der Waals surface area contributed by atoms with E-state index >= 15 is 0 Å². The lowest BCUT2D eigenvalue weighted by Crippen LogP contribution is -2.25. The number of ether oxygens (including phenoxy) is 1. The van der Waals surface area contributed by atoms with E-state index in [4.69, 9.17) is 16.3 Å². The van der Waals surface area contributed by atoms with Gasteiger partial charge in [0.05, 0.1) is 23.4 Å². The normalized spacial score (nSPS) is 13.0. The van der Waals surface area contributed by atoms with Crippen LogP contribution in [-0.4, -0.2) is 28.1 Å². The Hall–Kier alpha value is -1.54. The molecule has 28 heavy (non-hydrogen) atoms. The van der Waals surface area contributed by atoms with Crippen molar-refractivity contribution >= 4 is 46.9 Å². The summed E-state index contributed by atoms with van der Waals surface area (Å²) in [5.41, 5.74) is 0.476. The van der Waals surface area contributed by atoms with E-state index in [0.29, 0.717) is 20.4 Å². The Morgan fingerprint density at radius 3 is 2.64 bits per heavy atom. The van der Waals surface area contributed by atoms with Gasteiger partial charge < -0.3 is 9.29 Å². The molecule has 2 aromatic carbocycles. The van der Waals surface area contributed by atoms with Crippen LogP contribution in [0.15, 0.2) is 50.6 Å². The minimum atomic E-state index is -1.55.